The number of rotatable bonds is 3. The normalized spacial score (nSPS) is 23.9. The molecule has 1 saturated carbocycles. The second-order valence-corrected chi connectivity index (χ2v) is 4.78. The van der Waals surface area contributed by atoms with E-state index in [0.29, 0.717) is 6.04 Å². The van der Waals surface area contributed by atoms with E-state index in [2.05, 4.69) is 14.7 Å². The van der Waals surface area contributed by atoms with Crippen LogP contribution >= 0.6 is 0 Å². The molecule has 2 N–H and O–H groups in total. The highest BCUT2D eigenvalue weighted by atomic mass is 16.3. The Bertz CT molecular complexity index is 528. The fraction of sp³-hybridized carbons (Fsp3) is 0.462. The number of pyridine rings is 1. The third kappa shape index (κ3) is 1.94. The molecule has 1 aliphatic carbocycles. The van der Waals surface area contributed by atoms with E-state index in [4.69, 9.17) is 0 Å². The van der Waals surface area contributed by atoms with Crippen LogP contribution in [0.4, 0.5) is 0 Å². The van der Waals surface area contributed by atoms with Gasteiger partial charge in [0.25, 0.3) is 0 Å². The average Bonchev–Trinajstić information content (AvgIpc) is 2.59. The van der Waals surface area contributed by atoms with E-state index < -0.39 is 0 Å². The fourth-order valence-electron chi connectivity index (χ4n) is 2.37. The van der Waals surface area contributed by atoms with Crippen LogP contribution in [0.1, 0.15) is 24.2 Å². The molecule has 4 nitrogen and oxygen atoms in total. The van der Waals surface area contributed by atoms with Gasteiger partial charge in [0.2, 0.25) is 0 Å². The van der Waals surface area contributed by atoms with E-state index in [1.165, 1.54) is 5.69 Å². The van der Waals surface area contributed by atoms with E-state index >= 15 is 0 Å². The molecule has 17 heavy (non-hydrogen) atoms. The summed E-state index contributed by atoms with van der Waals surface area (Å²) in [7, 11) is 0. The van der Waals surface area contributed by atoms with E-state index in [-0.39, 0.29) is 6.10 Å². The zero-order valence-electron chi connectivity index (χ0n) is 9.93. The van der Waals surface area contributed by atoms with Crippen molar-refractivity contribution in [2.45, 2.75) is 38.5 Å². The summed E-state index contributed by atoms with van der Waals surface area (Å²) in [5, 5.41) is 12.7. The van der Waals surface area contributed by atoms with Crippen LogP contribution in [0.15, 0.2) is 24.4 Å². The molecule has 1 aliphatic rings. The minimum atomic E-state index is -0.101. The Labute approximate surface area is 100 Å². The third-order valence-electron chi connectivity index (χ3n) is 3.50. The maximum absolute atomic E-state index is 9.24. The highest BCUT2D eigenvalue weighted by Gasteiger charge is 2.26. The summed E-state index contributed by atoms with van der Waals surface area (Å²) in [4.78, 5) is 4.52. The van der Waals surface area contributed by atoms with Gasteiger partial charge in [0.1, 0.15) is 5.65 Å². The van der Waals surface area contributed by atoms with Crippen LogP contribution in [0.2, 0.25) is 0 Å². The molecule has 1 fully saturated rings. The Morgan fingerprint density at radius 3 is 3.06 bits per heavy atom. The number of aryl methyl sites for hydroxylation is 1. The molecular weight excluding hydrogens is 214 g/mol. The molecule has 0 radical (unpaired) electrons. The first kappa shape index (κ1) is 10.7. The molecule has 0 atom stereocenters. The lowest BCUT2D eigenvalue weighted by Crippen LogP contribution is -2.43. The molecule has 2 aromatic rings. The molecule has 0 aliphatic heterocycles. The largest absolute Gasteiger partial charge is 0.393 e. The fourth-order valence-corrected chi connectivity index (χ4v) is 2.37. The van der Waals surface area contributed by atoms with E-state index in [0.717, 1.165) is 30.7 Å². The Kier molecular flexibility index (Phi) is 2.61. The molecule has 0 spiro atoms. The second-order valence-electron chi connectivity index (χ2n) is 4.78. The Balaban J connectivity index is 1.77. The smallest absolute Gasteiger partial charge is 0.137 e. The van der Waals surface area contributed by atoms with Crippen molar-refractivity contribution in [1.29, 1.82) is 0 Å². The predicted molar refractivity (Wildman–Crippen MR) is 65.8 cm³/mol. The first-order valence-electron chi connectivity index (χ1n) is 6.08. The molecule has 0 amide bonds. The maximum atomic E-state index is 9.24. The first-order chi connectivity index (χ1) is 8.24. The summed E-state index contributed by atoms with van der Waals surface area (Å²) in [5.74, 6) is 0. The lowest BCUT2D eigenvalue weighted by molar-refractivity contribution is 0.0617. The van der Waals surface area contributed by atoms with Crippen molar-refractivity contribution in [3.8, 4) is 0 Å². The Morgan fingerprint density at radius 2 is 2.29 bits per heavy atom. The van der Waals surface area contributed by atoms with Gasteiger partial charge in [-0.3, -0.25) is 0 Å². The maximum Gasteiger partial charge on any atom is 0.137 e. The van der Waals surface area contributed by atoms with Gasteiger partial charge in [-0.05, 0) is 31.9 Å². The number of nitrogens with one attached hydrogen (secondary N) is 1. The SMILES string of the molecule is Cc1nc2ccccn2c1CNC1CC(O)C1. The summed E-state index contributed by atoms with van der Waals surface area (Å²) in [5.41, 5.74) is 3.28. The summed E-state index contributed by atoms with van der Waals surface area (Å²) >= 11 is 0. The average molecular weight is 231 g/mol. The third-order valence-corrected chi connectivity index (χ3v) is 3.50. The second kappa shape index (κ2) is 4.13. The molecule has 90 valence electrons. The van der Waals surface area contributed by atoms with Gasteiger partial charge in [-0.15, -0.1) is 0 Å². The number of hydrogen-bond donors (Lipinski definition) is 2. The molecule has 0 aromatic carbocycles. The van der Waals surface area contributed by atoms with Crippen molar-refractivity contribution in [3.05, 3.63) is 35.8 Å². The topological polar surface area (TPSA) is 49.6 Å². The molecule has 0 bridgehead atoms. The zero-order chi connectivity index (χ0) is 11.8. The van der Waals surface area contributed by atoms with Gasteiger partial charge in [0, 0.05) is 18.8 Å². The molecule has 0 saturated heterocycles. The summed E-state index contributed by atoms with van der Waals surface area (Å²) in [6.45, 7) is 2.86. The Hall–Kier alpha value is -1.39. The number of aliphatic hydroxyl groups is 1. The van der Waals surface area contributed by atoms with Crippen LogP contribution < -0.4 is 5.32 Å². The Morgan fingerprint density at radius 1 is 1.47 bits per heavy atom. The van der Waals surface area contributed by atoms with Crippen molar-refractivity contribution in [1.82, 2.24) is 14.7 Å². The van der Waals surface area contributed by atoms with Crippen LogP contribution in [-0.4, -0.2) is 26.6 Å². The minimum Gasteiger partial charge on any atom is -0.393 e. The number of nitrogens with zero attached hydrogens (tertiary/aromatic N) is 2. The quantitative estimate of drug-likeness (QED) is 0.836. The number of aliphatic hydroxyl groups excluding tert-OH is 1. The minimum absolute atomic E-state index is 0.101. The van der Waals surface area contributed by atoms with Gasteiger partial charge in [0.05, 0.1) is 17.5 Å². The first-order valence-corrected chi connectivity index (χ1v) is 6.08. The number of aromatic nitrogens is 2. The lowest BCUT2D eigenvalue weighted by atomic mass is 9.89. The van der Waals surface area contributed by atoms with Gasteiger partial charge in [-0.1, -0.05) is 6.07 Å². The molecule has 2 aromatic heterocycles. The highest BCUT2D eigenvalue weighted by molar-refractivity contribution is 5.42. The van der Waals surface area contributed by atoms with Gasteiger partial charge in [-0.25, -0.2) is 4.98 Å². The standard InChI is InChI=1S/C13H17N3O/c1-9-12(8-14-10-6-11(17)7-10)16-5-3-2-4-13(16)15-9/h2-5,10-11,14,17H,6-8H2,1H3. The molecule has 4 heteroatoms. The van der Waals surface area contributed by atoms with E-state index in [1.54, 1.807) is 0 Å². The van der Waals surface area contributed by atoms with E-state index in [1.807, 2.05) is 31.3 Å². The summed E-state index contributed by atoms with van der Waals surface area (Å²) in [6, 6.07) is 6.49. The molecule has 0 unspecified atom stereocenters. The summed E-state index contributed by atoms with van der Waals surface area (Å²) in [6.07, 6.45) is 3.68. The zero-order valence-corrected chi connectivity index (χ0v) is 9.93. The summed E-state index contributed by atoms with van der Waals surface area (Å²) < 4.78 is 2.12. The van der Waals surface area contributed by atoms with Crippen LogP contribution in [-0.2, 0) is 6.54 Å². The van der Waals surface area contributed by atoms with Crippen LogP contribution in [0.3, 0.4) is 0 Å². The number of imidazole rings is 1. The number of fused-ring (bicyclic) bond motifs is 1. The molecular formula is C13H17N3O. The van der Waals surface area contributed by atoms with Crippen molar-refractivity contribution < 1.29 is 5.11 Å². The van der Waals surface area contributed by atoms with Crippen LogP contribution in [0.5, 0.6) is 0 Å². The van der Waals surface area contributed by atoms with Crippen LogP contribution in [0.25, 0.3) is 5.65 Å². The van der Waals surface area contributed by atoms with Crippen molar-refractivity contribution in [2.75, 3.05) is 0 Å². The number of hydrogen-bond acceptors (Lipinski definition) is 3. The lowest BCUT2D eigenvalue weighted by Gasteiger charge is -2.32. The van der Waals surface area contributed by atoms with Crippen molar-refractivity contribution in [2.24, 2.45) is 0 Å². The van der Waals surface area contributed by atoms with Gasteiger partial charge >= 0.3 is 0 Å². The van der Waals surface area contributed by atoms with Gasteiger partial charge in [-0.2, -0.15) is 0 Å². The van der Waals surface area contributed by atoms with Gasteiger partial charge < -0.3 is 14.8 Å². The monoisotopic (exact) mass is 231 g/mol. The molecule has 2 heterocycles. The van der Waals surface area contributed by atoms with Crippen molar-refractivity contribution >= 4 is 5.65 Å². The van der Waals surface area contributed by atoms with Gasteiger partial charge in [0.15, 0.2) is 0 Å². The highest BCUT2D eigenvalue weighted by Crippen LogP contribution is 2.20. The van der Waals surface area contributed by atoms with E-state index in [9.17, 15) is 5.11 Å². The van der Waals surface area contributed by atoms with Crippen LogP contribution in [0, 0.1) is 6.92 Å². The molecule has 3 rings (SSSR count). The van der Waals surface area contributed by atoms with Crippen molar-refractivity contribution in [3.63, 3.8) is 0 Å². The predicted octanol–water partition coefficient (Wildman–Crippen LogP) is 1.26.